The SMILES string of the molecule is CC(=O)N1CCC(Oc2ccc(-c3cccc(N(C)c4nc5nncn5c5cc(Cl)ccc45)c3)cc2)CC1. The second-order valence-corrected chi connectivity index (χ2v) is 9.99. The smallest absolute Gasteiger partial charge is 0.257 e. The summed E-state index contributed by atoms with van der Waals surface area (Å²) in [7, 11) is 2.00. The predicted molar refractivity (Wildman–Crippen MR) is 149 cm³/mol. The van der Waals surface area contributed by atoms with Crippen molar-refractivity contribution in [1.82, 2.24) is 24.5 Å². The number of fused-ring (bicyclic) bond motifs is 3. The minimum Gasteiger partial charge on any atom is -0.490 e. The second kappa shape index (κ2) is 9.95. The summed E-state index contributed by atoms with van der Waals surface area (Å²) in [6.45, 7) is 3.12. The summed E-state index contributed by atoms with van der Waals surface area (Å²) in [4.78, 5) is 20.3. The van der Waals surface area contributed by atoms with Gasteiger partial charge in [-0.05, 0) is 53.6 Å². The van der Waals surface area contributed by atoms with Crippen LogP contribution in [0.1, 0.15) is 19.8 Å². The maximum Gasteiger partial charge on any atom is 0.257 e. The normalized spacial score (nSPS) is 14.2. The number of amides is 1. The standard InChI is InChI=1S/C29H27ClN6O2/c1-19(37)35-14-12-25(13-15-35)38-24-9-6-20(7-10-24)21-4-3-5-23(16-21)34(2)28-26-11-8-22(30)17-27(26)36-18-31-33-29(36)32-28/h3-11,16-18,25H,12-15H2,1-2H3. The summed E-state index contributed by atoms with van der Waals surface area (Å²) in [5.74, 6) is 2.27. The first-order valence-corrected chi connectivity index (χ1v) is 13.0. The van der Waals surface area contributed by atoms with E-state index in [0.29, 0.717) is 10.8 Å². The van der Waals surface area contributed by atoms with Gasteiger partial charge in [-0.3, -0.25) is 9.20 Å². The molecule has 1 amide bonds. The monoisotopic (exact) mass is 526 g/mol. The van der Waals surface area contributed by atoms with Crippen LogP contribution in [0.5, 0.6) is 5.75 Å². The predicted octanol–water partition coefficient (Wildman–Crippen LogP) is 5.76. The third-order valence-corrected chi connectivity index (χ3v) is 7.36. The van der Waals surface area contributed by atoms with Crippen molar-refractivity contribution in [2.75, 3.05) is 25.0 Å². The summed E-state index contributed by atoms with van der Waals surface area (Å²) in [6.07, 6.45) is 3.48. The summed E-state index contributed by atoms with van der Waals surface area (Å²) in [5, 5.41) is 9.78. The van der Waals surface area contributed by atoms with E-state index in [1.807, 2.05) is 52.7 Å². The van der Waals surface area contributed by atoms with Gasteiger partial charge in [-0.15, -0.1) is 10.2 Å². The van der Waals surface area contributed by atoms with Gasteiger partial charge in [-0.1, -0.05) is 35.9 Å². The minimum atomic E-state index is 0.133. The molecule has 6 rings (SSSR count). The topological polar surface area (TPSA) is 75.9 Å². The Morgan fingerprint density at radius 2 is 1.82 bits per heavy atom. The van der Waals surface area contributed by atoms with Crippen molar-refractivity contribution >= 4 is 45.7 Å². The highest BCUT2D eigenvalue weighted by Crippen LogP contribution is 2.34. The van der Waals surface area contributed by atoms with Crippen LogP contribution in [0.2, 0.25) is 5.02 Å². The third-order valence-electron chi connectivity index (χ3n) is 7.12. The number of hydrogen-bond acceptors (Lipinski definition) is 6. The molecule has 1 aliphatic heterocycles. The molecule has 0 saturated carbocycles. The van der Waals surface area contributed by atoms with Gasteiger partial charge in [-0.25, -0.2) is 0 Å². The van der Waals surface area contributed by atoms with E-state index in [1.54, 1.807) is 13.3 Å². The van der Waals surface area contributed by atoms with Gasteiger partial charge >= 0.3 is 0 Å². The first-order valence-electron chi connectivity index (χ1n) is 12.6. The summed E-state index contributed by atoms with van der Waals surface area (Å²) >= 11 is 6.30. The molecule has 0 N–H and O–H groups in total. The first kappa shape index (κ1) is 24.2. The number of benzene rings is 3. The van der Waals surface area contributed by atoms with E-state index in [1.165, 1.54) is 0 Å². The average molecular weight is 527 g/mol. The van der Waals surface area contributed by atoms with Crippen LogP contribution in [0.15, 0.2) is 73.1 Å². The maximum absolute atomic E-state index is 11.6. The van der Waals surface area contributed by atoms with Crippen molar-refractivity contribution in [3.8, 4) is 16.9 Å². The number of carbonyl (C=O) groups excluding carboxylic acids is 1. The van der Waals surface area contributed by atoms with Crippen molar-refractivity contribution in [3.05, 3.63) is 78.1 Å². The molecule has 0 bridgehead atoms. The lowest BCUT2D eigenvalue weighted by Crippen LogP contribution is -2.40. The van der Waals surface area contributed by atoms with Gasteiger partial charge in [0.15, 0.2) is 0 Å². The zero-order valence-electron chi connectivity index (χ0n) is 21.2. The molecule has 9 heteroatoms. The van der Waals surface area contributed by atoms with Gasteiger partial charge in [0.2, 0.25) is 5.91 Å². The Kier molecular flexibility index (Phi) is 6.33. The first-order chi connectivity index (χ1) is 18.5. The maximum atomic E-state index is 11.6. The molecule has 38 heavy (non-hydrogen) atoms. The summed E-state index contributed by atoms with van der Waals surface area (Å²) in [5.41, 5.74) is 4.07. The Balaban J connectivity index is 1.24. The molecule has 8 nitrogen and oxygen atoms in total. The highest BCUT2D eigenvalue weighted by molar-refractivity contribution is 6.31. The Morgan fingerprint density at radius 3 is 2.58 bits per heavy atom. The van der Waals surface area contributed by atoms with Crippen molar-refractivity contribution in [2.24, 2.45) is 0 Å². The molecular formula is C29H27ClN6O2. The molecule has 5 aromatic rings. The highest BCUT2D eigenvalue weighted by atomic mass is 35.5. The lowest BCUT2D eigenvalue weighted by Gasteiger charge is -2.31. The van der Waals surface area contributed by atoms with E-state index in [0.717, 1.165) is 65.2 Å². The number of carbonyl (C=O) groups is 1. The minimum absolute atomic E-state index is 0.133. The molecule has 0 aliphatic carbocycles. The number of anilines is 2. The van der Waals surface area contributed by atoms with Crippen molar-refractivity contribution in [1.29, 1.82) is 0 Å². The number of nitrogens with zero attached hydrogens (tertiary/aromatic N) is 6. The fourth-order valence-corrected chi connectivity index (χ4v) is 5.17. The van der Waals surface area contributed by atoms with Gasteiger partial charge in [-0.2, -0.15) is 4.98 Å². The van der Waals surface area contributed by atoms with Crippen LogP contribution in [0.25, 0.3) is 27.8 Å². The molecule has 2 aromatic heterocycles. The van der Waals surface area contributed by atoms with Gasteiger partial charge in [0.1, 0.15) is 24.0 Å². The van der Waals surface area contributed by atoms with Gasteiger partial charge in [0.25, 0.3) is 5.78 Å². The van der Waals surface area contributed by atoms with E-state index >= 15 is 0 Å². The number of aromatic nitrogens is 4. The van der Waals surface area contributed by atoms with E-state index in [-0.39, 0.29) is 12.0 Å². The van der Waals surface area contributed by atoms with E-state index in [4.69, 9.17) is 21.3 Å². The quantitative estimate of drug-likeness (QED) is 0.290. The number of piperidine rings is 1. The number of ether oxygens (including phenoxy) is 1. The van der Waals surface area contributed by atoms with Crippen LogP contribution in [0, 0.1) is 0 Å². The van der Waals surface area contributed by atoms with Crippen LogP contribution in [-0.2, 0) is 4.79 Å². The molecule has 0 spiro atoms. The van der Waals surface area contributed by atoms with E-state index in [2.05, 4.69) is 45.4 Å². The number of likely N-dealkylation sites (tertiary alicyclic amines) is 1. The van der Waals surface area contributed by atoms with Crippen molar-refractivity contribution < 1.29 is 9.53 Å². The summed E-state index contributed by atoms with van der Waals surface area (Å²) < 4.78 is 8.03. The van der Waals surface area contributed by atoms with Crippen LogP contribution < -0.4 is 9.64 Å². The molecule has 1 aliphatic rings. The van der Waals surface area contributed by atoms with Gasteiger partial charge in [0, 0.05) is 56.0 Å². The third kappa shape index (κ3) is 4.63. The fraction of sp³-hybridized carbons (Fsp3) is 0.241. The lowest BCUT2D eigenvalue weighted by atomic mass is 10.0. The number of halogens is 1. The number of hydrogen-bond donors (Lipinski definition) is 0. The van der Waals surface area contributed by atoms with E-state index in [9.17, 15) is 4.79 Å². The zero-order valence-corrected chi connectivity index (χ0v) is 22.0. The molecule has 0 atom stereocenters. The van der Waals surface area contributed by atoms with Gasteiger partial charge in [0.05, 0.1) is 5.52 Å². The van der Waals surface area contributed by atoms with Crippen LogP contribution in [0.3, 0.4) is 0 Å². The van der Waals surface area contributed by atoms with E-state index < -0.39 is 0 Å². The fourth-order valence-electron chi connectivity index (χ4n) is 5.00. The van der Waals surface area contributed by atoms with Crippen LogP contribution in [0.4, 0.5) is 11.5 Å². The lowest BCUT2D eigenvalue weighted by molar-refractivity contribution is -0.130. The highest BCUT2D eigenvalue weighted by Gasteiger charge is 2.22. The largest absolute Gasteiger partial charge is 0.490 e. The Morgan fingerprint density at radius 1 is 1.03 bits per heavy atom. The zero-order chi connectivity index (χ0) is 26.2. The molecule has 0 radical (unpaired) electrons. The van der Waals surface area contributed by atoms with Gasteiger partial charge < -0.3 is 14.5 Å². The number of rotatable bonds is 5. The molecule has 3 aromatic carbocycles. The molecule has 1 saturated heterocycles. The Bertz CT molecular complexity index is 1630. The Hall–Kier alpha value is -4.17. The summed E-state index contributed by atoms with van der Waals surface area (Å²) in [6, 6.07) is 22.3. The van der Waals surface area contributed by atoms with Crippen molar-refractivity contribution in [3.63, 3.8) is 0 Å². The van der Waals surface area contributed by atoms with Crippen molar-refractivity contribution in [2.45, 2.75) is 25.9 Å². The molecular weight excluding hydrogens is 500 g/mol. The van der Waals surface area contributed by atoms with Crippen LogP contribution >= 0.6 is 11.6 Å². The molecule has 3 heterocycles. The second-order valence-electron chi connectivity index (χ2n) is 9.55. The average Bonchev–Trinajstić information content (AvgIpc) is 3.42. The molecule has 192 valence electrons. The molecule has 0 unspecified atom stereocenters. The Labute approximate surface area is 225 Å². The van der Waals surface area contributed by atoms with Crippen LogP contribution in [-0.4, -0.2) is 56.6 Å². The molecule has 1 fully saturated rings.